The van der Waals surface area contributed by atoms with Crippen molar-refractivity contribution in [2.75, 3.05) is 83.5 Å². The van der Waals surface area contributed by atoms with Gasteiger partial charge in [-0.05, 0) is 43.6 Å². The molecule has 1 N–H and O–H groups in total. The molecular formula is C25H43N5O. The van der Waals surface area contributed by atoms with Crippen molar-refractivity contribution in [3.05, 3.63) is 29.8 Å². The third kappa shape index (κ3) is 6.65. The van der Waals surface area contributed by atoms with Crippen LogP contribution in [0.5, 0.6) is 0 Å². The molecule has 4 rings (SSSR count). The molecule has 1 aliphatic carbocycles. The highest BCUT2D eigenvalue weighted by molar-refractivity contribution is 5.48. The molecule has 6 heteroatoms. The fourth-order valence-corrected chi connectivity index (χ4v) is 4.96. The van der Waals surface area contributed by atoms with Gasteiger partial charge in [-0.3, -0.25) is 4.90 Å². The molecule has 2 heterocycles. The van der Waals surface area contributed by atoms with Crippen molar-refractivity contribution in [2.45, 2.75) is 45.4 Å². The molecule has 1 saturated carbocycles. The van der Waals surface area contributed by atoms with Crippen LogP contribution in [0.25, 0.3) is 0 Å². The van der Waals surface area contributed by atoms with Crippen molar-refractivity contribution in [2.24, 2.45) is 0 Å². The monoisotopic (exact) mass is 429 g/mol. The molecule has 2 saturated heterocycles. The van der Waals surface area contributed by atoms with Crippen LogP contribution in [0, 0.1) is 0 Å². The molecule has 0 aromatic heterocycles. The van der Waals surface area contributed by atoms with Crippen molar-refractivity contribution in [1.82, 2.24) is 20.0 Å². The summed E-state index contributed by atoms with van der Waals surface area (Å²) >= 11 is 0. The van der Waals surface area contributed by atoms with Gasteiger partial charge in [0.1, 0.15) is 0 Å². The number of hydrogen-bond acceptors (Lipinski definition) is 6. The highest BCUT2D eigenvalue weighted by Gasteiger charge is 2.29. The second kappa shape index (κ2) is 11.6. The van der Waals surface area contributed by atoms with Crippen LogP contribution in [0.2, 0.25) is 0 Å². The first kappa shape index (κ1) is 23.0. The summed E-state index contributed by atoms with van der Waals surface area (Å²) in [6.07, 6.45) is 2.77. The Bertz CT molecular complexity index is 632. The number of ether oxygens (including phenoxy) is 1. The van der Waals surface area contributed by atoms with Gasteiger partial charge in [-0.1, -0.05) is 26.0 Å². The van der Waals surface area contributed by atoms with Gasteiger partial charge in [-0.25, -0.2) is 0 Å². The lowest BCUT2D eigenvalue weighted by molar-refractivity contribution is -0.0279. The highest BCUT2D eigenvalue weighted by Crippen LogP contribution is 2.24. The van der Waals surface area contributed by atoms with Crippen molar-refractivity contribution < 1.29 is 4.74 Å². The minimum absolute atomic E-state index is 0.457. The lowest BCUT2D eigenvalue weighted by Crippen LogP contribution is -2.48. The molecule has 0 radical (unpaired) electrons. The number of hydrogen-bond donors (Lipinski definition) is 1. The van der Waals surface area contributed by atoms with Crippen LogP contribution in [0.1, 0.15) is 32.3 Å². The third-order valence-corrected chi connectivity index (χ3v) is 7.48. The maximum atomic E-state index is 6.11. The molecule has 1 aromatic carbocycles. The van der Waals surface area contributed by atoms with Crippen molar-refractivity contribution in [1.29, 1.82) is 0 Å². The van der Waals surface area contributed by atoms with Crippen molar-refractivity contribution in [3.8, 4) is 0 Å². The van der Waals surface area contributed by atoms with E-state index in [0.29, 0.717) is 12.1 Å². The van der Waals surface area contributed by atoms with Gasteiger partial charge in [0.05, 0.1) is 12.7 Å². The summed E-state index contributed by atoms with van der Waals surface area (Å²) in [7, 11) is 0. The van der Waals surface area contributed by atoms with Crippen molar-refractivity contribution in [3.63, 3.8) is 0 Å². The van der Waals surface area contributed by atoms with Crippen LogP contribution >= 0.6 is 0 Å². The zero-order valence-electron chi connectivity index (χ0n) is 19.8. The summed E-state index contributed by atoms with van der Waals surface area (Å²) < 4.78 is 6.11. The molecule has 2 aliphatic heterocycles. The third-order valence-electron chi connectivity index (χ3n) is 7.48. The summed E-state index contributed by atoms with van der Waals surface area (Å²) in [5, 5.41) is 3.71. The predicted molar refractivity (Wildman–Crippen MR) is 129 cm³/mol. The average molecular weight is 430 g/mol. The first-order valence-corrected chi connectivity index (χ1v) is 12.6. The van der Waals surface area contributed by atoms with Gasteiger partial charge in [0, 0.05) is 77.2 Å². The number of benzene rings is 1. The Morgan fingerprint density at radius 2 is 1.39 bits per heavy atom. The van der Waals surface area contributed by atoms with Gasteiger partial charge in [-0.15, -0.1) is 0 Å². The molecule has 1 aromatic rings. The standard InChI is InChI=1S/C25H43N5O/c1-3-27-9-11-29(12-10-27)17-18-31-25-19-23(20-25)26-21-22-5-7-24(8-6-22)30-15-13-28(4-2)14-16-30/h5-8,23,25-26H,3-4,9-21H2,1-2H3/t23-,25-. The van der Waals surface area contributed by atoms with Crippen LogP contribution < -0.4 is 10.2 Å². The van der Waals surface area contributed by atoms with E-state index in [0.717, 1.165) is 45.6 Å². The molecule has 0 amide bonds. The van der Waals surface area contributed by atoms with E-state index in [-0.39, 0.29) is 0 Å². The SMILES string of the molecule is CCN1CCN(CCO[C@H]2C[C@H](NCc3ccc(N4CCN(CC)CC4)cc3)C2)CC1. The first-order valence-electron chi connectivity index (χ1n) is 12.6. The van der Waals surface area contributed by atoms with Crippen molar-refractivity contribution >= 4 is 5.69 Å². The molecule has 0 unspecified atom stereocenters. The van der Waals surface area contributed by atoms with E-state index in [1.54, 1.807) is 0 Å². The quantitative estimate of drug-likeness (QED) is 0.614. The Balaban J connectivity index is 1.06. The number of nitrogens with one attached hydrogen (secondary N) is 1. The molecule has 3 fully saturated rings. The molecule has 0 atom stereocenters. The summed E-state index contributed by atoms with van der Waals surface area (Å²) in [4.78, 5) is 10.1. The van der Waals surface area contributed by atoms with Gasteiger partial charge in [0.15, 0.2) is 0 Å². The number of nitrogens with zero attached hydrogens (tertiary/aromatic N) is 4. The molecule has 6 nitrogen and oxygen atoms in total. The fraction of sp³-hybridized carbons (Fsp3) is 0.760. The van der Waals surface area contributed by atoms with Crippen LogP contribution in [-0.2, 0) is 11.3 Å². The second-order valence-corrected chi connectivity index (χ2v) is 9.41. The molecular weight excluding hydrogens is 386 g/mol. The summed E-state index contributed by atoms with van der Waals surface area (Å²) in [6.45, 7) is 19.3. The molecule has 3 aliphatic rings. The smallest absolute Gasteiger partial charge is 0.0605 e. The van der Waals surface area contributed by atoms with E-state index in [4.69, 9.17) is 4.74 Å². The van der Waals surface area contributed by atoms with E-state index >= 15 is 0 Å². The zero-order chi connectivity index (χ0) is 21.5. The second-order valence-electron chi connectivity index (χ2n) is 9.41. The zero-order valence-corrected chi connectivity index (χ0v) is 19.8. The lowest BCUT2D eigenvalue weighted by atomic mass is 9.89. The topological polar surface area (TPSA) is 34.2 Å². The first-order chi connectivity index (χ1) is 15.2. The Labute approximate surface area is 189 Å². The van der Waals surface area contributed by atoms with Gasteiger partial charge >= 0.3 is 0 Å². The van der Waals surface area contributed by atoms with Crippen LogP contribution in [0.15, 0.2) is 24.3 Å². The number of piperazine rings is 2. The fourth-order valence-electron chi connectivity index (χ4n) is 4.96. The Kier molecular flexibility index (Phi) is 8.62. The number of rotatable bonds is 10. The van der Waals surface area contributed by atoms with E-state index < -0.39 is 0 Å². The maximum Gasteiger partial charge on any atom is 0.0605 e. The summed E-state index contributed by atoms with van der Waals surface area (Å²) in [6, 6.07) is 9.79. The summed E-state index contributed by atoms with van der Waals surface area (Å²) in [5.41, 5.74) is 2.75. The maximum absolute atomic E-state index is 6.11. The normalized spacial score (nSPS) is 26.2. The summed E-state index contributed by atoms with van der Waals surface area (Å²) in [5.74, 6) is 0. The van der Waals surface area contributed by atoms with Gasteiger partial charge in [-0.2, -0.15) is 0 Å². The van der Waals surface area contributed by atoms with Gasteiger partial charge < -0.3 is 24.8 Å². The highest BCUT2D eigenvalue weighted by atomic mass is 16.5. The number of likely N-dealkylation sites (N-methyl/N-ethyl adjacent to an activating group) is 2. The molecule has 0 bridgehead atoms. The van der Waals surface area contributed by atoms with Gasteiger partial charge in [0.25, 0.3) is 0 Å². The van der Waals surface area contributed by atoms with E-state index in [2.05, 4.69) is 63.0 Å². The van der Waals surface area contributed by atoms with Crippen LogP contribution in [-0.4, -0.2) is 105 Å². The lowest BCUT2D eigenvalue weighted by Gasteiger charge is -2.37. The molecule has 0 spiro atoms. The molecule has 174 valence electrons. The van der Waals surface area contributed by atoms with E-state index in [1.165, 1.54) is 63.6 Å². The van der Waals surface area contributed by atoms with E-state index in [1.807, 2.05) is 0 Å². The Morgan fingerprint density at radius 3 is 2.00 bits per heavy atom. The predicted octanol–water partition coefficient (Wildman–Crippen LogP) is 2.10. The average Bonchev–Trinajstić information content (AvgIpc) is 2.81. The van der Waals surface area contributed by atoms with Crippen LogP contribution in [0.3, 0.4) is 0 Å². The minimum Gasteiger partial charge on any atom is -0.377 e. The number of anilines is 1. The minimum atomic E-state index is 0.457. The Morgan fingerprint density at radius 1 is 0.806 bits per heavy atom. The van der Waals surface area contributed by atoms with Gasteiger partial charge in [0.2, 0.25) is 0 Å². The van der Waals surface area contributed by atoms with Crippen LogP contribution in [0.4, 0.5) is 5.69 Å². The molecule has 31 heavy (non-hydrogen) atoms. The largest absolute Gasteiger partial charge is 0.377 e. The van der Waals surface area contributed by atoms with E-state index in [9.17, 15) is 0 Å². The Hall–Kier alpha value is -1.18.